The van der Waals surface area contributed by atoms with Crippen LogP contribution in [0.1, 0.15) is 27.7 Å². The second-order valence-corrected chi connectivity index (χ2v) is 5.07. The minimum atomic E-state index is 0.301. The molecule has 1 saturated heterocycles. The van der Waals surface area contributed by atoms with Crippen molar-refractivity contribution < 1.29 is 4.74 Å². The van der Waals surface area contributed by atoms with E-state index in [4.69, 9.17) is 4.74 Å². The lowest BCUT2D eigenvalue weighted by molar-refractivity contribution is 0.0212. The third-order valence-corrected chi connectivity index (χ3v) is 3.33. The van der Waals surface area contributed by atoms with Crippen LogP contribution in [0, 0.1) is 5.41 Å². The lowest BCUT2D eigenvalue weighted by atomic mass is 9.98. The molecule has 1 aliphatic heterocycles. The fraction of sp³-hybridized carbons (Fsp3) is 1.00. The molecule has 0 spiro atoms. The van der Waals surface area contributed by atoms with Crippen LogP contribution in [0.2, 0.25) is 0 Å². The van der Waals surface area contributed by atoms with Crippen LogP contribution in [0.15, 0.2) is 0 Å². The Morgan fingerprint density at radius 1 is 1.40 bits per heavy atom. The Morgan fingerprint density at radius 2 is 2.00 bits per heavy atom. The molecule has 1 nitrogen and oxygen atoms in total. The smallest absolute Gasteiger partial charge is 0.108 e. The Bertz CT molecular complexity index is 117. The molecule has 10 heavy (non-hydrogen) atoms. The summed E-state index contributed by atoms with van der Waals surface area (Å²) in [6.45, 7) is 8.81. The highest BCUT2D eigenvalue weighted by Crippen LogP contribution is 2.37. The first kappa shape index (κ1) is 8.41. The maximum Gasteiger partial charge on any atom is 0.108 e. The molecule has 0 unspecified atom stereocenters. The van der Waals surface area contributed by atoms with Crippen molar-refractivity contribution in [3.63, 3.8) is 0 Å². The molecule has 0 aromatic heterocycles. The monoisotopic (exact) mass is 160 g/mol. The zero-order valence-corrected chi connectivity index (χ0v) is 7.99. The van der Waals surface area contributed by atoms with E-state index in [0.29, 0.717) is 17.0 Å². The van der Waals surface area contributed by atoms with E-state index in [1.807, 2.05) is 11.8 Å². The number of thioether (sulfide) groups is 1. The SMILES string of the molecule is C[C@@H]1CS[C@H](C(C)(C)C)O1. The quantitative estimate of drug-likeness (QED) is 0.538. The summed E-state index contributed by atoms with van der Waals surface area (Å²) >= 11 is 1.94. The van der Waals surface area contributed by atoms with Crippen molar-refractivity contribution in [2.24, 2.45) is 5.41 Å². The van der Waals surface area contributed by atoms with Crippen molar-refractivity contribution in [1.82, 2.24) is 0 Å². The van der Waals surface area contributed by atoms with Gasteiger partial charge in [0.15, 0.2) is 0 Å². The van der Waals surface area contributed by atoms with E-state index in [9.17, 15) is 0 Å². The summed E-state index contributed by atoms with van der Waals surface area (Å²) in [5.74, 6) is 1.15. The molecule has 0 aliphatic carbocycles. The van der Waals surface area contributed by atoms with E-state index in [2.05, 4.69) is 27.7 Å². The average Bonchev–Trinajstić information content (AvgIpc) is 2.11. The molecule has 0 saturated carbocycles. The third kappa shape index (κ3) is 1.89. The summed E-state index contributed by atoms with van der Waals surface area (Å²) in [5.41, 5.74) is 0.706. The van der Waals surface area contributed by atoms with Gasteiger partial charge in [-0.05, 0) is 12.3 Å². The summed E-state index contributed by atoms with van der Waals surface area (Å²) in [7, 11) is 0. The van der Waals surface area contributed by atoms with Crippen LogP contribution < -0.4 is 0 Å². The molecule has 1 aliphatic rings. The minimum Gasteiger partial charge on any atom is -0.363 e. The van der Waals surface area contributed by atoms with E-state index in [-0.39, 0.29) is 0 Å². The van der Waals surface area contributed by atoms with Gasteiger partial charge in [0.05, 0.1) is 6.10 Å². The summed E-state index contributed by atoms with van der Waals surface area (Å²) in [4.78, 5) is 0. The summed E-state index contributed by atoms with van der Waals surface area (Å²) in [5, 5.41) is 0. The van der Waals surface area contributed by atoms with E-state index in [0.717, 1.165) is 5.75 Å². The Hall–Kier alpha value is 0.310. The fourth-order valence-electron chi connectivity index (χ4n) is 0.967. The lowest BCUT2D eigenvalue weighted by Gasteiger charge is -2.25. The van der Waals surface area contributed by atoms with Crippen LogP contribution in [0.4, 0.5) is 0 Å². The van der Waals surface area contributed by atoms with Gasteiger partial charge in [-0.2, -0.15) is 0 Å². The highest BCUT2D eigenvalue weighted by Gasteiger charge is 2.32. The minimum absolute atomic E-state index is 0.301. The summed E-state index contributed by atoms with van der Waals surface area (Å²) in [6.07, 6.45) is 0.453. The topological polar surface area (TPSA) is 9.23 Å². The van der Waals surface area contributed by atoms with Crippen molar-refractivity contribution in [3.8, 4) is 0 Å². The number of ether oxygens (including phenoxy) is 1. The first-order valence-corrected chi connectivity index (χ1v) is 4.82. The number of rotatable bonds is 0. The van der Waals surface area contributed by atoms with Crippen LogP contribution in [0.3, 0.4) is 0 Å². The maximum atomic E-state index is 5.69. The fourth-order valence-corrected chi connectivity index (χ4v) is 2.26. The zero-order valence-electron chi connectivity index (χ0n) is 7.18. The predicted molar refractivity (Wildman–Crippen MR) is 46.2 cm³/mol. The normalized spacial score (nSPS) is 34.8. The van der Waals surface area contributed by atoms with Crippen LogP contribution in [0.25, 0.3) is 0 Å². The van der Waals surface area contributed by atoms with Gasteiger partial charge in [-0.3, -0.25) is 0 Å². The number of hydrogen-bond acceptors (Lipinski definition) is 2. The van der Waals surface area contributed by atoms with Gasteiger partial charge in [0.1, 0.15) is 5.44 Å². The van der Waals surface area contributed by atoms with Gasteiger partial charge in [0, 0.05) is 5.75 Å². The van der Waals surface area contributed by atoms with Crippen molar-refractivity contribution >= 4 is 11.8 Å². The molecule has 1 fully saturated rings. The van der Waals surface area contributed by atoms with E-state index >= 15 is 0 Å². The molecule has 1 rings (SSSR count). The van der Waals surface area contributed by atoms with Crippen molar-refractivity contribution in [2.75, 3.05) is 5.75 Å². The Kier molecular flexibility index (Phi) is 2.31. The van der Waals surface area contributed by atoms with E-state index in [1.54, 1.807) is 0 Å². The molecule has 60 valence electrons. The van der Waals surface area contributed by atoms with Gasteiger partial charge in [0.25, 0.3) is 0 Å². The third-order valence-electron chi connectivity index (χ3n) is 1.55. The van der Waals surface area contributed by atoms with Crippen molar-refractivity contribution in [3.05, 3.63) is 0 Å². The van der Waals surface area contributed by atoms with Crippen LogP contribution >= 0.6 is 11.8 Å². The van der Waals surface area contributed by atoms with Gasteiger partial charge in [-0.25, -0.2) is 0 Å². The second kappa shape index (κ2) is 2.74. The lowest BCUT2D eigenvalue weighted by Crippen LogP contribution is -2.23. The predicted octanol–water partition coefficient (Wildman–Crippen LogP) is 2.51. The molecule has 0 N–H and O–H groups in total. The highest BCUT2D eigenvalue weighted by atomic mass is 32.2. The Morgan fingerprint density at radius 3 is 2.20 bits per heavy atom. The summed E-state index contributed by atoms with van der Waals surface area (Å²) < 4.78 is 5.69. The van der Waals surface area contributed by atoms with Crippen molar-refractivity contribution in [1.29, 1.82) is 0 Å². The van der Waals surface area contributed by atoms with Crippen LogP contribution in [0.5, 0.6) is 0 Å². The molecule has 0 amide bonds. The first-order chi connectivity index (χ1) is 4.50. The van der Waals surface area contributed by atoms with Crippen LogP contribution in [-0.4, -0.2) is 17.3 Å². The highest BCUT2D eigenvalue weighted by molar-refractivity contribution is 8.00. The Labute approximate surface area is 67.5 Å². The molecule has 0 bridgehead atoms. The molecule has 0 aromatic rings. The van der Waals surface area contributed by atoms with Gasteiger partial charge < -0.3 is 4.74 Å². The first-order valence-electron chi connectivity index (χ1n) is 3.77. The largest absolute Gasteiger partial charge is 0.363 e. The molecular weight excluding hydrogens is 144 g/mol. The maximum absolute atomic E-state index is 5.69. The van der Waals surface area contributed by atoms with E-state index < -0.39 is 0 Å². The molecule has 2 atom stereocenters. The van der Waals surface area contributed by atoms with Gasteiger partial charge in [-0.1, -0.05) is 20.8 Å². The standard InChI is InChI=1S/C8H16OS/c1-6-5-10-7(9-6)8(2,3)4/h6-7H,5H2,1-4H3/t6-,7-/m1/s1. The van der Waals surface area contributed by atoms with Crippen molar-refractivity contribution in [2.45, 2.75) is 39.2 Å². The number of hydrogen-bond donors (Lipinski definition) is 0. The molecule has 0 aromatic carbocycles. The zero-order chi connectivity index (χ0) is 7.78. The van der Waals surface area contributed by atoms with E-state index in [1.165, 1.54) is 0 Å². The summed E-state index contributed by atoms with van der Waals surface area (Å²) in [6, 6.07) is 0. The van der Waals surface area contributed by atoms with Gasteiger partial charge >= 0.3 is 0 Å². The second-order valence-electron chi connectivity index (χ2n) is 3.98. The van der Waals surface area contributed by atoms with Gasteiger partial charge in [0.2, 0.25) is 0 Å². The molecule has 1 heterocycles. The average molecular weight is 160 g/mol. The molecule has 2 heteroatoms. The van der Waals surface area contributed by atoms with Crippen LogP contribution in [-0.2, 0) is 4.74 Å². The molecule has 0 radical (unpaired) electrons. The Balaban J connectivity index is 2.45. The molecular formula is C8H16OS. The van der Waals surface area contributed by atoms with Gasteiger partial charge in [-0.15, -0.1) is 11.8 Å².